The van der Waals surface area contributed by atoms with Gasteiger partial charge in [-0.1, -0.05) is 24.3 Å². The van der Waals surface area contributed by atoms with Crippen LogP contribution in [0.15, 0.2) is 66.2 Å². The van der Waals surface area contributed by atoms with E-state index in [1.54, 1.807) is 30.3 Å². The first kappa shape index (κ1) is 23.2. The molecule has 5 nitrogen and oxygen atoms in total. The fraction of sp³-hybridized carbons (Fsp3) is 0.0833. The molecule has 162 valence electrons. The molecular formula is C24H17F2IN2O3. The third-order valence-electron chi connectivity index (χ3n) is 4.35. The number of para-hydroxylation sites is 1. The molecule has 0 fully saturated rings. The number of methoxy groups -OCH3 is 1. The third kappa shape index (κ3) is 5.82. The van der Waals surface area contributed by atoms with Crippen LogP contribution in [0.25, 0.3) is 6.08 Å². The molecule has 0 bridgehead atoms. The molecule has 32 heavy (non-hydrogen) atoms. The van der Waals surface area contributed by atoms with E-state index in [9.17, 15) is 18.8 Å². The van der Waals surface area contributed by atoms with Crippen molar-refractivity contribution in [1.29, 1.82) is 5.26 Å². The zero-order chi connectivity index (χ0) is 23.1. The molecule has 0 spiro atoms. The average molecular weight is 546 g/mol. The molecule has 0 radical (unpaired) electrons. The minimum Gasteiger partial charge on any atom is -0.493 e. The van der Waals surface area contributed by atoms with Crippen LogP contribution in [0.5, 0.6) is 11.5 Å². The van der Waals surface area contributed by atoms with E-state index >= 15 is 0 Å². The molecule has 0 saturated heterocycles. The van der Waals surface area contributed by atoms with Crippen LogP contribution in [0.3, 0.4) is 0 Å². The van der Waals surface area contributed by atoms with E-state index in [0.29, 0.717) is 20.6 Å². The van der Waals surface area contributed by atoms with Gasteiger partial charge < -0.3 is 14.8 Å². The Morgan fingerprint density at radius 2 is 1.88 bits per heavy atom. The number of ether oxygens (including phenoxy) is 2. The molecule has 0 aliphatic rings. The molecule has 0 aliphatic heterocycles. The first-order chi connectivity index (χ1) is 15.4. The summed E-state index contributed by atoms with van der Waals surface area (Å²) in [5, 5.41) is 11.8. The van der Waals surface area contributed by atoms with E-state index in [1.165, 1.54) is 43.5 Å². The molecular weight excluding hydrogens is 529 g/mol. The van der Waals surface area contributed by atoms with Crippen molar-refractivity contribution >= 4 is 40.3 Å². The standard InChI is InChI=1S/C24H17F2IN2O3/c1-31-22-12-16(10-17(13-28)24(30)29-21-5-3-2-4-19(21)26)11-20(27)23(22)32-14-15-6-8-18(25)9-7-15/h2-12H,14H2,1H3,(H,29,30)/b17-10-. The molecule has 0 saturated carbocycles. The molecule has 3 aromatic rings. The van der Waals surface area contributed by atoms with E-state index in [0.717, 1.165) is 5.56 Å². The van der Waals surface area contributed by atoms with E-state index in [4.69, 9.17) is 9.47 Å². The third-order valence-corrected chi connectivity index (χ3v) is 5.15. The highest BCUT2D eigenvalue weighted by atomic mass is 127. The van der Waals surface area contributed by atoms with Crippen LogP contribution in [-0.2, 0) is 11.4 Å². The highest BCUT2D eigenvalue weighted by molar-refractivity contribution is 14.1. The Bertz CT molecular complexity index is 1200. The molecule has 3 rings (SSSR count). The van der Waals surface area contributed by atoms with E-state index in [1.807, 2.05) is 6.07 Å². The minimum absolute atomic E-state index is 0.0182. The van der Waals surface area contributed by atoms with Crippen LogP contribution in [-0.4, -0.2) is 13.0 Å². The number of nitrogens with zero attached hydrogens (tertiary/aromatic N) is 1. The zero-order valence-corrected chi connectivity index (χ0v) is 19.0. The maximum Gasteiger partial charge on any atom is 0.266 e. The fourth-order valence-electron chi connectivity index (χ4n) is 2.77. The lowest BCUT2D eigenvalue weighted by Gasteiger charge is -2.14. The average Bonchev–Trinajstić information content (AvgIpc) is 2.79. The van der Waals surface area contributed by atoms with Gasteiger partial charge in [-0.25, -0.2) is 8.78 Å². The lowest BCUT2D eigenvalue weighted by molar-refractivity contribution is -0.112. The summed E-state index contributed by atoms with van der Waals surface area (Å²) < 4.78 is 38.8. The Morgan fingerprint density at radius 3 is 2.53 bits per heavy atom. The summed E-state index contributed by atoms with van der Waals surface area (Å²) in [7, 11) is 1.47. The summed E-state index contributed by atoms with van der Waals surface area (Å²) in [5.74, 6) is -0.787. The molecule has 8 heteroatoms. The van der Waals surface area contributed by atoms with Gasteiger partial charge in [-0.15, -0.1) is 0 Å². The molecule has 0 aromatic heterocycles. The Hall–Kier alpha value is -3.45. The minimum atomic E-state index is -0.733. The predicted octanol–water partition coefficient (Wildman–Crippen LogP) is 5.70. The first-order valence-corrected chi connectivity index (χ1v) is 10.4. The van der Waals surface area contributed by atoms with Gasteiger partial charge in [0.15, 0.2) is 11.5 Å². The number of amides is 1. The summed E-state index contributed by atoms with van der Waals surface area (Å²) in [6.45, 7) is 0.205. The van der Waals surface area contributed by atoms with E-state index in [-0.39, 0.29) is 23.7 Å². The summed E-state index contributed by atoms with van der Waals surface area (Å²) in [5.41, 5.74) is 1.09. The van der Waals surface area contributed by atoms with Crippen LogP contribution >= 0.6 is 22.6 Å². The smallest absolute Gasteiger partial charge is 0.266 e. The number of carbonyl (C=O) groups is 1. The second kappa shape index (κ2) is 10.7. The summed E-state index contributed by atoms with van der Waals surface area (Å²) in [4.78, 5) is 12.4. The normalized spacial score (nSPS) is 10.9. The molecule has 0 unspecified atom stereocenters. The van der Waals surface area contributed by atoms with Crippen molar-refractivity contribution in [1.82, 2.24) is 0 Å². The van der Waals surface area contributed by atoms with Gasteiger partial charge in [-0.2, -0.15) is 5.26 Å². The number of anilines is 1. The van der Waals surface area contributed by atoms with Gasteiger partial charge in [0.1, 0.15) is 29.9 Å². The van der Waals surface area contributed by atoms with Crippen molar-refractivity contribution in [2.24, 2.45) is 0 Å². The van der Waals surface area contributed by atoms with Crippen molar-refractivity contribution in [2.75, 3.05) is 12.4 Å². The largest absolute Gasteiger partial charge is 0.493 e. The maximum atomic E-state index is 13.8. The van der Waals surface area contributed by atoms with Crippen molar-refractivity contribution in [3.8, 4) is 17.6 Å². The zero-order valence-electron chi connectivity index (χ0n) is 16.9. The van der Waals surface area contributed by atoms with Crippen molar-refractivity contribution < 1.29 is 23.0 Å². The Morgan fingerprint density at radius 1 is 1.16 bits per heavy atom. The number of halogens is 3. The first-order valence-electron chi connectivity index (χ1n) is 9.33. The Balaban J connectivity index is 1.82. The van der Waals surface area contributed by atoms with Gasteiger partial charge in [-0.3, -0.25) is 4.79 Å². The van der Waals surface area contributed by atoms with E-state index in [2.05, 4.69) is 27.9 Å². The monoisotopic (exact) mass is 546 g/mol. The van der Waals surface area contributed by atoms with Gasteiger partial charge in [0.25, 0.3) is 5.91 Å². The summed E-state index contributed by atoms with van der Waals surface area (Å²) in [6.07, 6.45) is 1.38. The Kier molecular flexibility index (Phi) is 7.78. The van der Waals surface area contributed by atoms with Gasteiger partial charge in [-0.05, 0) is 76.2 Å². The number of hydrogen-bond acceptors (Lipinski definition) is 4. The van der Waals surface area contributed by atoms with Gasteiger partial charge in [0.05, 0.1) is 16.4 Å². The second-order valence-electron chi connectivity index (χ2n) is 6.55. The molecule has 3 aromatic carbocycles. The molecule has 1 amide bonds. The van der Waals surface area contributed by atoms with Crippen molar-refractivity contribution in [2.45, 2.75) is 6.61 Å². The number of rotatable bonds is 7. The van der Waals surface area contributed by atoms with Crippen LogP contribution in [0, 0.1) is 26.5 Å². The maximum absolute atomic E-state index is 13.8. The van der Waals surface area contributed by atoms with Gasteiger partial charge in [0.2, 0.25) is 0 Å². The highest BCUT2D eigenvalue weighted by Crippen LogP contribution is 2.35. The van der Waals surface area contributed by atoms with Gasteiger partial charge in [0, 0.05) is 0 Å². The SMILES string of the molecule is COc1cc(/C=C(/C#N)C(=O)Nc2ccccc2F)cc(I)c1OCc1ccc(F)cc1. The topological polar surface area (TPSA) is 71.3 Å². The van der Waals surface area contributed by atoms with Crippen LogP contribution in [0.2, 0.25) is 0 Å². The molecule has 0 heterocycles. The van der Waals surface area contributed by atoms with Gasteiger partial charge >= 0.3 is 0 Å². The number of carbonyl (C=O) groups excluding carboxylic acids is 1. The summed E-state index contributed by atoms with van der Waals surface area (Å²) in [6, 6.07) is 16.8. The lowest BCUT2D eigenvalue weighted by Crippen LogP contribution is -2.14. The molecule has 0 atom stereocenters. The van der Waals surface area contributed by atoms with Crippen molar-refractivity contribution in [3.63, 3.8) is 0 Å². The Labute approximate surface area is 197 Å². The number of hydrogen-bond donors (Lipinski definition) is 1. The number of benzene rings is 3. The quantitative estimate of drug-likeness (QED) is 0.235. The van der Waals surface area contributed by atoms with Crippen LogP contribution in [0.1, 0.15) is 11.1 Å². The highest BCUT2D eigenvalue weighted by Gasteiger charge is 2.15. The summed E-state index contributed by atoms with van der Waals surface area (Å²) >= 11 is 2.05. The van der Waals surface area contributed by atoms with Crippen LogP contribution < -0.4 is 14.8 Å². The van der Waals surface area contributed by atoms with E-state index < -0.39 is 11.7 Å². The fourth-order valence-corrected chi connectivity index (χ4v) is 3.55. The number of nitriles is 1. The lowest BCUT2D eigenvalue weighted by atomic mass is 10.1. The van der Waals surface area contributed by atoms with Crippen molar-refractivity contribution in [3.05, 3.63) is 92.6 Å². The predicted molar refractivity (Wildman–Crippen MR) is 125 cm³/mol. The van der Waals surface area contributed by atoms with Crippen LogP contribution in [0.4, 0.5) is 14.5 Å². The molecule has 0 aliphatic carbocycles. The number of nitrogens with one attached hydrogen (secondary N) is 1. The second-order valence-corrected chi connectivity index (χ2v) is 7.72. The molecule has 1 N–H and O–H groups in total.